The van der Waals surface area contributed by atoms with Crippen LogP contribution in [0.4, 0.5) is 5.82 Å². The Balaban J connectivity index is 1.87. The Hall–Kier alpha value is -2.40. The molecule has 3 aromatic rings. The van der Waals surface area contributed by atoms with E-state index < -0.39 is 0 Å². The molecule has 0 atom stereocenters. The van der Waals surface area contributed by atoms with Crippen LogP contribution in [-0.2, 0) is 0 Å². The number of nitrogens with one attached hydrogen (secondary N) is 2. The van der Waals surface area contributed by atoms with Gasteiger partial charge in [0.2, 0.25) is 0 Å². The van der Waals surface area contributed by atoms with Crippen LogP contribution in [0.5, 0.6) is 0 Å². The van der Waals surface area contributed by atoms with Crippen molar-refractivity contribution >= 4 is 34.2 Å². The maximum absolute atomic E-state index is 12.1. The lowest BCUT2D eigenvalue weighted by molar-refractivity contribution is 0.102. The van der Waals surface area contributed by atoms with Crippen LogP contribution in [0, 0.1) is 0 Å². The first kappa shape index (κ1) is 11.7. The standard InChI is InChI=1S/C13H9ClN4O/c14-11-2-1-3-12(16-11)17-13(19)8-4-5-9-7-15-18-10(9)6-8/h1-7H,(H,15,18)(H,16,17,19). The molecule has 0 fully saturated rings. The van der Waals surface area contributed by atoms with Gasteiger partial charge in [0.15, 0.2) is 0 Å². The van der Waals surface area contributed by atoms with Gasteiger partial charge in [-0.05, 0) is 24.3 Å². The van der Waals surface area contributed by atoms with Crippen molar-refractivity contribution in [1.29, 1.82) is 0 Å². The number of aromatic nitrogens is 3. The number of rotatable bonds is 2. The second-order valence-electron chi connectivity index (χ2n) is 3.97. The molecule has 0 aliphatic carbocycles. The summed E-state index contributed by atoms with van der Waals surface area (Å²) in [6.07, 6.45) is 1.70. The number of pyridine rings is 1. The first-order valence-electron chi connectivity index (χ1n) is 5.59. The lowest BCUT2D eigenvalue weighted by atomic mass is 10.1. The van der Waals surface area contributed by atoms with Crippen molar-refractivity contribution in [2.45, 2.75) is 0 Å². The fourth-order valence-electron chi connectivity index (χ4n) is 1.74. The van der Waals surface area contributed by atoms with Crippen LogP contribution in [0.3, 0.4) is 0 Å². The molecule has 0 saturated heterocycles. The Morgan fingerprint density at radius 1 is 1.26 bits per heavy atom. The molecule has 6 heteroatoms. The first-order valence-corrected chi connectivity index (χ1v) is 5.97. The van der Waals surface area contributed by atoms with Gasteiger partial charge in [-0.3, -0.25) is 9.89 Å². The molecule has 3 rings (SSSR count). The fraction of sp³-hybridized carbons (Fsp3) is 0. The molecule has 94 valence electrons. The number of halogens is 1. The molecule has 0 aliphatic rings. The van der Waals surface area contributed by atoms with Gasteiger partial charge < -0.3 is 5.32 Å². The van der Waals surface area contributed by atoms with Gasteiger partial charge in [0.1, 0.15) is 11.0 Å². The number of benzene rings is 1. The van der Waals surface area contributed by atoms with Crippen molar-refractivity contribution in [3.63, 3.8) is 0 Å². The van der Waals surface area contributed by atoms with Crippen LogP contribution >= 0.6 is 11.6 Å². The Bertz CT molecular complexity index is 753. The third-order valence-electron chi connectivity index (χ3n) is 2.66. The third kappa shape index (κ3) is 2.41. The molecule has 0 spiro atoms. The predicted octanol–water partition coefficient (Wildman–Crippen LogP) is 2.86. The molecule has 2 heterocycles. The van der Waals surface area contributed by atoms with Crippen LogP contribution < -0.4 is 5.32 Å². The van der Waals surface area contributed by atoms with Gasteiger partial charge in [-0.25, -0.2) is 4.98 Å². The summed E-state index contributed by atoms with van der Waals surface area (Å²) in [6, 6.07) is 10.4. The third-order valence-corrected chi connectivity index (χ3v) is 2.87. The summed E-state index contributed by atoms with van der Waals surface area (Å²) in [5, 5.41) is 10.7. The summed E-state index contributed by atoms with van der Waals surface area (Å²) in [6.45, 7) is 0. The summed E-state index contributed by atoms with van der Waals surface area (Å²) in [5.74, 6) is 0.175. The van der Waals surface area contributed by atoms with Crippen molar-refractivity contribution in [1.82, 2.24) is 15.2 Å². The maximum atomic E-state index is 12.1. The Labute approximate surface area is 113 Å². The average Bonchev–Trinajstić information content (AvgIpc) is 2.85. The van der Waals surface area contributed by atoms with E-state index in [1.54, 1.807) is 36.5 Å². The second kappa shape index (κ2) is 4.70. The maximum Gasteiger partial charge on any atom is 0.256 e. The highest BCUT2D eigenvalue weighted by Crippen LogP contribution is 2.15. The quantitative estimate of drug-likeness (QED) is 0.705. The van der Waals surface area contributed by atoms with E-state index in [1.165, 1.54) is 0 Å². The Morgan fingerprint density at radius 3 is 3.00 bits per heavy atom. The van der Waals surface area contributed by atoms with Gasteiger partial charge in [-0.1, -0.05) is 23.7 Å². The number of hydrogen-bond donors (Lipinski definition) is 2. The Morgan fingerprint density at radius 2 is 2.16 bits per heavy atom. The number of carbonyl (C=O) groups is 1. The number of hydrogen-bond acceptors (Lipinski definition) is 3. The predicted molar refractivity (Wildman–Crippen MR) is 73.3 cm³/mol. The van der Waals surface area contributed by atoms with E-state index in [1.807, 2.05) is 6.07 Å². The highest BCUT2D eigenvalue weighted by atomic mass is 35.5. The molecule has 2 aromatic heterocycles. The van der Waals surface area contributed by atoms with E-state index in [0.717, 1.165) is 10.9 Å². The molecular weight excluding hydrogens is 264 g/mol. The summed E-state index contributed by atoms with van der Waals surface area (Å²) < 4.78 is 0. The van der Waals surface area contributed by atoms with Crippen LogP contribution in [0.2, 0.25) is 5.15 Å². The molecule has 0 unspecified atom stereocenters. The normalized spacial score (nSPS) is 10.6. The minimum absolute atomic E-state index is 0.244. The van der Waals surface area contributed by atoms with Crippen molar-refractivity contribution in [3.05, 3.63) is 53.3 Å². The summed E-state index contributed by atoms with van der Waals surface area (Å²) in [5.41, 5.74) is 1.34. The topological polar surface area (TPSA) is 70.7 Å². The molecule has 2 N–H and O–H groups in total. The van der Waals surface area contributed by atoms with Crippen molar-refractivity contribution in [2.75, 3.05) is 5.32 Å². The van der Waals surface area contributed by atoms with Gasteiger partial charge in [0, 0.05) is 10.9 Å². The van der Waals surface area contributed by atoms with Gasteiger partial charge in [0.25, 0.3) is 5.91 Å². The average molecular weight is 273 g/mol. The first-order chi connectivity index (χ1) is 9.22. The van der Waals surface area contributed by atoms with E-state index in [2.05, 4.69) is 20.5 Å². The number of carbonyl (C=O) groups excluding carboxylic acids is 1. The highest BCUT2D eigenvalue weighted by Gasteiger charge is 2.08. The molecule has 5 nitrogen and oxygen atoms in total. The summed E-state index contributed by atoms with van der Waals surface area (Å²) in [7, 11) is 0. The zero-order valence-corrected chi connectivity index (χ0v) is 10.5. The number of fused-ring (bicyclic) bond motifs is 1. The van der Waals surface area contributed by atoms with Crippen molar-refractivity contribution < 1.29 is 4.79 Å². The summed E-state index contributed by atoms with van der Waals surface area (Å²) >= 11 is 5.76. The van der Waals surface area contributed by atoms with Gasteiger partial charge in [-0.2, -0.15) is 5.10 Å². The lowest BCUT2D eigenvalue weighted by Crippen LogP contribution is -2.12. The minimum atomic E-state index is -0.244. The molecule has 0 saturated carbocycles. The second-order valence-corrected chi connectivity index (χ2v) is 4.36. The lowest BCUT2D eigenvalue weighted by Gasteiger charge is -2.04. The van der Waals surface area contributed by atoms with Crippen LogP contribution in [-0.4, -0.2) is 21.1 Å². The SMILES string of the molecule is O=C(Nc1cccc(Cl)n1)c1ccc2cn[nH]c2c1. The molecule has 1 amide bonds. The monoisotopic (exact) mass is 272 g/mol. The van der Waals surface area contributed by atoms with Gasteiger partial charge >= 0.3 is 0 Å². The van der Waals surface area contributed by atoms with E-state index >= 15 is 0 Å². The van der Waals surface area contributed by atoms with E-state index in [9.17, 15) is 4.79 Å². The zero-order chi connectivity index (χ0) is 13.2. The van der Waals surface area contributed by atoms with Crippen molar-refractivity contribution in [3.8, 4) is 0 Å². The molecule has 0 radical (unpaired) electrons. The largest absolute Gasteiger partial charge is 0.307 e. The highest BCUT2D eigenvalue weighted by molar-refractivity contribution is 6.29. The van der Waals surface area contributed by atoms with E-state index in [4.69, 9.17) is 11.6 Å². The van der Waals surface area contributed by atoms with Crippen LogP contribution in [0.25, 0.3) is 10.9 Å². The summed E-state index contributed by atoms with van der Waals surface area (Å²) in [4.78, 5) is 16.1. The fourth-order valence-corrected chi connectivity index (χ4v) is 1.91. The number of aromatic amines is 1. The zero-order valence-electron chi connectivity index (χ0n) is 9.72. The molecule has 0 bridgehead atoms. The molecule has 0 aliphatic heterocycles. The number of nitrogens with zero attached hydrogens (tertiary/aromatic N) is 2. The molecule has 19 heavy (non-hydrogen) atoms. The number of amides is 1. The smallest absolute Gasteiger partial charge is 0.256 e. The Kier molecular flexibility index (Phi) is 2.89. The molecule has 1 aromatic carbocycles. The van der Waals surface area contributed by atoms with Gasteiger partial charge in [0.05, 0.1) is 11.7 Å². The number of anilines is 1. The minimum Gasteiger partial charge on any atom is -0.307 e. The van der Waals surface area contributed by atoms with Crippen LogP contribution in [0.15, 0.2) is 42.6 Å². The van der Waals surface area contributed by atoms with Crippen molar-refractivity contribution in [2.24, 2.45) is 0 Å². The van der Waals surface area contributed by atoms with E-state index in [-0.39, 0.29) is 5.91 Å². The number of H-pyrrole nitrogens is 1. The van der Waals surface area contributed by atoms with Gasteiger partial charge in [-0.15, -0.1) is 0 Å². The van der Waals surface area contributed by atoms with E-state index in [0.29, 0.717) is 16.5 Å². The van der Waals surface area contributed by atoms with Crippen LogP contribution in [0.1, 0.15) is 10.4 Å². The molecular formula is C13H9ClN4O.